The average molecular weight is 430 g/mol. The van der Waals surface area contributed by atoms with E-state index in [9.17, 15) is 13.2 Å². The van der Waals surface area contributed by atoms with Crippen LogP contribution in [-0.4, -0.2) is 44.0 Å². The third-order valence-corrected chi connectivity index (χ3v) is 6.65. The molecule has 0 radical (unpaired) electrons. The lowest BCUT2D eigenvalue weighted by Gasteiger charge is -2.32. The monoisotopic (exact) mass is 429 g/mol. The molecule has 30 heavy (non-hydrogen) atoms. The third kappa shape index (κ3) is 3.65. The minimum atomic E-state index is -3.16. The van der Waals surface area contributed by atoms with Gasteiger partial charge in [-0.15, -0.1) is 0 Å². The fourth-order valence-corrected chi connectivity index (χ4v) is 5.10. The Balaban J connectivity index is 1.98. The Labute approximate surface area is 176 Å². The third-order valence-electron chi connectivity index (χ3n) is 5.79. The molecule has 3 aromatic rings. The van der Waals surface area contributed by atoms with Gasteiger partial charge in [-0.25, -0.2) is 8.42 Å². The number of rotatable bonds is 6. The summed E-state index contributed by atoms with van der Waals surface area (Å²) in [5.74, 6) is -0.0194. The van der Waals surface area contributed by atoms with Crippen LogP contribution in [0.1, 0.15) is 24.5 Å². The van der Waals surface area contributed by atoms with Crippen LogP contribution in [0.3, 0.4) is 0 Å². The Bertz CT molecular complexity index is 1270. The van der Waals surface area contributed by atoms with E-state index in [0.29, 0.717) is 18.7 Å². The molecule has 8 heteroatoms. The van der Waals surface area contributed by atoms with Gasteiger partial charge in [-0.05, 0) is 36.6 Å². The molecule has 1 N–H and O–H groups in total. The summed E-state index contributed by atoms with van der Waals surface area (Å²) in [4.78, 5) is 18.2. The molecule has 0 saturated heterocycles. The summed E-state index contributed by atoms with van der Waals surface area (Å²) >= 11 is 0. The SMILES string of the molecule is COCCC(C)N1Cc2c[nH]c3c(=O)n(C)cc(c23)-c2cc(CS(C)(=O)=O)ccc21. The Morgan fingerprint density at radius 2 is 2.03 bits per heavy atom. The molecule has 2 aromatic heterocycles. The molecule has 7 nitrogen and oxygen atoms in total. The molecular formula is C22H27N3O4S. The maximum Gasteiger partial charge on any atom is 0.274 e. The number of H-pyrrole nitrogens is 1. The van der Waals surface area contributed by atoms with E-state index in [0.717, 1.165) is 39.7 Å². The van der Waals surface area contributed by atoms with Gasteiger partial charge in [-0.1, -0.05) is 6.07 Å². The molecule has 1 aliphatic heterocycles. The molecule has 4 rings (SSSR count). The highest BCUT2D eigenvalue weighted by Crippen LogP contribution is 2.42. The van der Waals surface area contributed by atoms with Gasteiger partial charge in [0.15, 0.2) is 9.84 Å². The first kappa shape index (κ1) is 20.7. The predicted molar refractivity (Wildman–Crippen MR) is 120 cm³/mol. The summed E-state index contributed by atoms with van der Waals surface area (Å²) in [7, 11) is 0.272. The zero-order valence-corrected chi connectivity index (χ0v) is 18.5. The van der Waals surface area contributed by atoms with Gasteiger partial charge >= 0.3 is 0 Å². The summed E-state index contributed by atoms with van der Waals surface area (Å²) in [5.41, 5.74) is 5.22. The smallest absolute Gasteiger partial charge is 0.274 e. The largest absolute Gasteiger partial charge is 0.385 e. The number of aromatic nitrogens is 2. The van der Waals surface area contributed by atoms with E-state index < -0.39 is 9.84 Å². The highest BCUT2D eigenvalue weighted by molar-refractivity contribution is 7.89. The fourth-order valence-electron chi connectivity index (χ4n) is 4.31. The van der Waals surface area contributed by atoms with E-state index in [1.165, 1.54) is 6.26 Å². The number of sulfone groups is 1. The lowest BCUT2D eigenvalue weighted by Crippen LogP contribution is -2.33. The number of nitrogens with one attached hydrogen (secondary N) is 1. The lowest BCUT2D eigenvalue weighted by atomic mass is 9.99. The summed E-state index contributed by atoms with van der Waals surface area (Å²) in [5, 5.41) is 0.914. The number of hydrogen-bond acceptors (Lipinski definition) is 5. The van der Waals surface area contributed by atoms with Crippen LogP contribution in [0.25, 0.3) is 22.0 Å². The number of benzene rings is 1. The van der Waals surface area contributed by atoms with E-state index in [2.05, 4.69) is 16.8 Å². The van der Waals surface area contributed by atoms with Crippen LogP contribution in [0, 0.1) is 0 Å². The van der Waals surface area contributed by atoms with Crippen molar-refractivity contribution in [2.24, 2.45) is 7.05 Å². The van der Waals surface area contributed by atoms with Gasteiger partial charge in [-0.3, -0.25) is 4.79 Å². The molecule has 160 valence electrons. The Morgan fingerprint density at radius 3 is 2.73 bits per heavy atom. The van der Waals surface area contributed by atoms with E-state index in [4.69, 9.17) is 4.74 Å². The Hall–Kier alpha value is -2.58. The van der Waals surface area contributed by atoms with Gasteiger partial charge in [0.05, 0.1) is 5.75 Å². The highest BCUT2D eigenvalue weighted by Gasteiger charge is 2.27. The molecule has 1 unspecified atom stereocenters. The summed E-state index contributed by atoms with van der Waals surface area (Å²) in [6.45, 7) is 3.46. The minimum absolute atomic E-state index is 0.0194. The number of aromatic amines is 1. The Kier molecular flexibility index (Phi) is 5.23. The number of ether oxygens (including phenoxy) is 1. The molecule has 0 saturated carbocycles. The molecule has 0 aliphatic carbocycles. The van der Waals surface area contributed by atoms with Crippen LogP contribution in [0.15, 0.2) is 35.4 Å². The normalized spacial score (nSPS) is 14.6. The molecular weight excluding hydrogens is 402 g/mol. The Morgan fingerprint density at radius 1 is 1.27 bits per heavy atom. The van der Waals surface area contributed by atoms with Crippen molar-refractivity contribution in [1.29, 1.82) is 0 Å². The second kappa shape index (κ2) is 7.59. The summed E-state index contributed by atoms with van der Waals surface area (Å²) in [6, 6.07) is 6.04. The zero-order valence-electron chi connectivity index (χ0n) is 17.7. The summed E-state index contributed by atoms with van der Waals surface area (Å²) < 4.78 is 30.7. The second-order valence-corrected chi connectivity index (χ2v) is 10.3. The first-order chi connectivity index (χ1) is 14.2. The number of nitrogens with zero attached hydrogens (tertiary/aromatic N) is 2. The van der Waals surface area contributed by atoms with Crippen LogP contribution in [0.2, 0.25) is 0 Å². The molecule has 0 fully saturated rings. The number of aryl methyl sites for hydroxylation is 1. The van der Waals surface area contributed by atoms with Crippen LogP contribution in [0.4, 0.5) is 5.69 Å². The fraction of sp³-hybridized carbons (Fsp3) is 0.409. The maximum atomic E-state index is 12.7. The van der Waals surface area contributed by atoms with Crippen molar-refractivity contribution >= 4 is 26.4 Å². The van der Waals surface area contributed by atoms with Crippen molar-refractivity contribution in [1.82, 2.24) is 9.55 Å². The highest BCUT2D eigenvalue weighted by atomic mass is 32.2. The minimum Gasteiger partial charge on any atom is -0.385 e. The molecule has 0 amide bonds. The molecule has 1 aromatic carbocycles. The van der Waals surface area contributed by atoms with Gasteiger partial charge < -0.3 is 19.2 Å². The van der Waals surface area contributed by atoms with E-state index >= 15 is 0 Å². The number of pyridine rings is 1. The van der Waals surface area contributed by atoms with Gasteiger partial charge in [0, 0.05) is 74.2 Å². The van der Waals surface area contributed by atoms with Gasteiger partial charge in [0.1, 0.15) is 5.52 Å². The standard InChI is InChI=1S/C22H27N3O4S/c1-14(7-8-29-3)25-11-16-10-23-21-20(16)18(12-24(2)22(21)26)17-9-15(5-6-19(17)25)13-30(4,27)28/h5-6,9-10,12,14,23H,7-8,11,13H2,1-4H3. The van der Waals surface area contributed by atoms with Crippen molar-refractivity contribution in [2.75, 3.05) is 24.9 Å². The van der Waals surface area contributed by atoms with Gasteiger partial charge in [0.25, 0.3) is 5.56 Å². The molecule has 1 aliphatic rings. The van der Waals surface area contributed by atoms with E-state index in [1.54, 1.807) is 18.7 Å². The van der Waals surface area contributed by atoms with E-state index in [-0.39, 0.29) is 17.4 Å². The maximum absolute atomic E-state index is 12.7. The van der Waals surface area contributed by atoms with Crippen molar-refractivity contribution in [3.8, 4) is 11.1 Å². The molecule has 3 heterocycles. The van der Waals surface area contributed by atoms with Crippen LogP contribution >= 0.6 is 0 Å². The topological polar surface area (TPSA) is 84.4 Å². The summed E-state index contributed by atoms with van der Waals surface area (Å²) in [6.07, 6.45) is 5.86. The van der Waals surface area contributed by atoms with Crippen molar-refractivity contribution in [2.45, 2.75) is 31.7 Å². The quantitative estimate of drug-likeness (QED) is 0.651. The number of hydrogen-bond donors (Lipinski definition) is 1. The van der Waals surface area contributed by atoms with Crippen LogP contribution in [0.5, 0.6) is 0 Å². The van der Waals surface area contributed by atoms with E-state index in [1.807, 2.05) is 30.6 Å². The zero-order chi connectivity index (χ0) is 21.6. The van der Waals surface area contributed by atoms with Crippen molar-refractivity contribution in [3.63, 3.8) is 0 Å². The van der Waals surface area contributed by atoms with Gasteiger partial charge in [0.2, 0.25) is 0 Å². The number of fused-ring (bicyclic) bond motifs is 2. The molecule has 0 spiro atoms. The van der Waals surface area contributed by atoms with Gasteiger partial charge in [-0.2, -0.15) is 0 Å². The first-order valence-corrected chi connectivity index (χ1v) is 12.0. The first-order valence-electron chi connectivity index (χ1n) is 9.96. The number of methoxy groups -OCH3 is 1. The predicted octanol–water partition coefficient (Wildman–Crippen LogP) is 2.82. The van der Waals surface area contributed by atoms with Crippen LogP contribution < -0.4 is 10.5 Å². The lowest BCUT2D eigenvalue weighted by molar-refractivity contribution is 0.188. The second-order valence-electron chi connectivity index (χ2n) is 8.20. The molecule has 1 atom stereocenters. The van der Waals surface area contributed by atoms with Crippen molar-refractivity contribution in [3.05, 3.63) is 52.1 Å². The molecule has 0 bridgehead atoms. The van der Waals surface area contributed by atoms with Crippen LogP contribution in [-0.2, 0) is 33.9 Å². The average Bonchev–Trinajstić information content (AvgIpc) is 3.04. The van der Waals surface area contributed by atoms with Crippen molar-refractivity contribution < 1.29 is 13.2 Å². The number of anilines is 1.